The van der Waals surface area contributed by atoms with Crippen LogP contribution in [0.1, 0.15) is 40.8 Å². The van der Waals surface area contributed by atoms with E-state index in [0.717, 1.165) is 16.7 Å². The molecule has 0 aromatic heterocycles. The van der Waals surface area contributed by atoms with Crippen molar-refractivity contribution in [2.45, 2.75) is 33.7 Å². The van der Waals surface area contributed by atoms with Crippen LogP contribution >= 0.6 is 0 Å². The van der Waals surface area contributed by atoms with Gasteiger partial charge in [-0.05, 0) is 80.8 Å². The second-order valence-electron chi connectivity index (χ2n) is 8.65. The number of hydrogen-bond acceptors (Lipinski definition) is 5. The molecular weight excluding hydrogens is 442 g/mol. The van der Waals surface area contributed by atoms with Crippen molar-refractivity contribution in [1.29, 1.82) is 0 Å². The number of ketones is 1. The molecule has 180 valence electrons. The van der Waals surface area contributed by atoms with Gasteiger partial charge in [0.05, 0.1) is 25.3 Å². The average molecular weight is 472 g/mol. The lowest BCUT2D eigenvalue weighted by Crippen LogP contribution is -2.29. The Morgan fingerprint density at radius 3 is 2.34 bits per heavy atom. The summed E-state index contributed by atoms with van der Waals surface area (Å²) in [5.74, 6) is -0.336. The summed E-state index contributed by atoms with van der Waals surface area (Å²) >= 11 is 0. The number of amides is 1. The van der Waals surface area contributed by atoms with Crippen molar-refractivity contribution in [1.82, 2.24) is 0 Å². The quantitative estimate of drug-likeness (QED) is 0.286. The number of carbonyl (C=O) groups excluding carboxylic acids is 2. The van der Waals surface area contributed by atoms with Gasteiger partial charge >= 0.3 is 0 Å². The topological polar surface area (TPSA) is 76.1 Å². The number of ether oxygens (including phenoxy) is 2. The number of carbonyl (C=O) groups is 2. The van der Waals surface area contributed by atoms with E-state index >= 15 is 0 Å². The van der Waals surface area contributed by atoms with Gasteiger partial charge in [-0.3, -0.25) is 14.5 Å². The molecule has 6 nitrogen and oxygen atoms in total. The predicted molar refractivity (Wildman–Crippen MR) is 136 cm³/mol. The molecule has 4 rings (SSSR count). The number of methoxy groups -OCH3 is 1. The van der Waals surface area contributed by atoms with Gasteiger partial charge in [-0.2, -0.15) is 0 Å². The van der Waals surface area contributed by atoms with Gasteiger partial charge in [0.15, 0.2) is 0 Å². The molecule has 0 spiro atoms. The molecule has 1 atom stereocenters. The Kier molecular flexibility index (Phi) is 6.65. The Hall–Kier alpha value is -4.06. The maximum Gasteiger partial charge on any atom is 0.300 e. The van der Waals surface area contributed by atoms with E-state index in [1.165, 1.54) is 4.90 Å². The summed E-state index contributed by atoms with van der Waals surface area (Å²) in [6.07, 6.45) is 0. The summed E-state index contributed by atoms with van der Waals surface area (Å²) < 4.78 is 11.1. The third kappa shape index (κ3) is 4.39. The molecule has 0 aliphatic carbocycles. The second kappa shape index (κ2) is 9.66. The molecule has 1 aliphatic rings. The number of aryl methyl sites for hydroxylation is 3. The monoisotopic (exact) mass is 471 g/mol. The SMILES string of the molecule is CCOc1cccc(C2/C(=C(\O)c3cc(C)c(OC)cc3C)C(=O)C(=O)N2c2ccc(C)cc2)c1. The van der Waals surface area contributed by atoms with Crippen LogP contribution in [0, 0.1) is 20.8 Å². The fourth-order valence-electron chi connectivity index (χ4n) is 4.47. The first kappa shape index (κ1) is 24.1. The van der Waals surface area contributed by atoms with Gasteiger partial charge < -0.3 is 14.6 Å². The highest BCUT2D eigenvalue weighted by Gasteiger charge is 2.47. The zero-order valence-electron chi connectivity index (χ0n) is 20.6. The van der Waals surface area contributed by atoms with Crippen LogP contribution < -0.4 is 14.4 Å². The number of aliphatic hydroxyl groups is 1. The van der Waals surface area contributed by atoms with Gasteiger partial charge in [0.25, 0.3) is 11.7 Å². The molecule has 3 aromatic rings. The summed E-state index contributed by atoms with van der Waals surface area (Å²) in [5.41, 5.74) is 4.33. The van der Waals surface area contributed by atoms with Gasteiger partial charge in [-0.1, -0.05) is 29.8 Å². The number of Topliss-reactive ketones (excluding diaryl/α,β-unsaturated/α-hetero) is 1. The lowest BCUT2D eigenvalue weighted by molar-refractivity contribution is -0.132. The van der Waals surface area contributed by atoms with E-state index in [4.69, 9.17) is 9.47 Å². The first-order chi connectivity index (χ1) is 16.8. The smallest absolute Gasteiger partial charge is 0.300 e. The number of benzene rings is 3. The first-order valence-corrected chi connectivity index (χ1v) is 11.5. The van der Waals surface area contributed by atoms with Crippen molar-refractivity contribution in [3.63, 3.8) is 0 Å². The summed E-state index contributed by atoms with van der Waals surface area (Å²) in [6.45, 7) is 8.02. The minimum atomic E-state index is -0.820. The highest BCUT2D eigenvalue weighted by molar-refractivity contribution is 6.51. The zero-order valence-corrected chi connectivity index (χ0v) is 20.6. The third-order valence-electron chi connectivity index (χ3n) is 6.24. The summed E-state index contributed by atoms with van der Waals surface area (Å²) in [6, 6.07) is 17.4. The number of nitrogens with zero attached hydrogens (tertiary/aromatic N) is 1. The van der Waals surface area contributed by atoms with Crippen LogP contribution in [0.15, 0.2) is 66.2 Å². The highest BCUT2D eigenvalue weighted by Crippen LogP contribution is 2.43. The lowest BCUT2D eigenvalue weighted by Gasteiger charge is -2.26. The van der Waals surface area contributed by atoms with Crippen molar-refractivity contribution < 1.29 is 24.2 Å². The Morgan fingerprint density at radius 2 is 1.69 bits per heavy atom. The van der Waals surface area contributed by atoms with Crippen LogP contribution in [-0.4, -0.2) is 30.5 Å². The normalized spacial score (nSPS) is 17.1. The number of aliphatic hydroxyl groups excluding tert-OH is 1. The third-order valence-corrected chi connectivity index (χ3v) is 6.24. The molecule has 1 aliphatic heterocycles. The van der Waals surface area contributed by atoms with Crippen LogP contribution in [0.5, 0.6) is 11.5 Å². The van der Waals surface area contributed by atoms with E-state index in [2.05, 4.69) is 0 Å². The first-order valence-electron chi connectivity index (χ1n) is 11.5. The summed E-state index contributed by atoms with van der Waals surface area (Å²) in [5, 5.41) is 11.5. The minimum Gasteiger partial charge on any atom is -0.507 e. The molecule has 3 aromatic carbocycles. The van der Waals surface area contributed by atoms with E-state index in [1.807, 2.05) is 76.2 Å². The maximum atomic E-state index is 13.4. The van der Waals surface area contributed by atoms with Gasteiger partial charge in [-0.15, -0.1) is 0 Å². The molecule has 35 heavy (non-hydrogen) atoms. The van der Waals surface area contributed by atoms with E-state index in [-0.39, 0.29) is 11.3 Å². The highest BCUT2D eigenvalue weighted by atomic mass is 16.5. The molecular formula is C29H29NO5. The van der Waals surface area contributed by atoms with Crippen LogP contribution in [0.4, 0.5) is 5.69 Å². The zero-order chi connectivity index (χ0) is 25.3. The molecule has 0 saturated carbocycles. The number of anilines is 1. The standard InChI is InChI=1S/C29H29NO5/c1-6-35-22-9-7-8-20(16-22)26-25(27(31)23-14-19(4)24(34-5)15-18(23)3)28(32)29(33)30(26)21-12-10-17(2)11-13-21/h7-16,26,31H,6H2,1-5H3/b27-25+. The van der Waals surface area contributed by atoms with E-state index < -0.39 is 17.7 Å². The lowest BCUT2D eigenvalue weighted by atomic mass is 9.93. The van der Waals surface area contributed by atoms with Gasteiger partial charge in [0.2, 0.25) is 0 Å². The number of hydrogen-bond donors (Lipinski definition) is 1. The fraction of sp³-hybridized carbons (Fsp3) is 0.241. The Bertz CT molecular complexity index is 1320. The largest absolute Gasteiger partial charge is 0.507 e. The predicted octanol–water partition coefficient (Wildman–Crippen LogP) is 5.65. The van der Waals surface area contributed by atoms with E-state index in [1.54, 1.807) is 19.2 Å². The molecule has 1 fully saturated rings. The molecule has 6 heteroatoms. The Labute approximate surface area is 205 Å². The fourth-order valence-corrected chi connectivity index (χ4v) is 4.47. The van der Waals surface area contributed by atoms with E-state index in [0.29, 0.717) is 34.9 Å². The van der Waals surface area contributed by atoms with Crippen LogP contribution in [-0.2, 0) is 9.59 Å². The van der Waals surface area contributed by atoms with Crippen molar-refractivity contribution >= 4 is 23.1 Å². The second-order valence-corrected chi connectivity index (χ2v) is 8.65. The number of rotatable bonds is 6. The van der Waals surface area contributed by atoms with Crippen molar-refractivity contribution in [3.05, 3.63) is 94.1 Å². The van der Waals surface area contributed by atoms with Crippen LogP contribution in [0.25, 0.3) is 5.76 Å². The van der Waals surface area contributed by atoms with Crippen LogP contribution in [0.2, 0.25) is 0 Å². The Balaban J connectivity index is 1.97. The molecule has 1 saturated heterocycles. The van der Waals surface area contributed by atoms with Gasteiger partial charge in [-0.25, -0.2) is 0 Å². The van der Waals surface area contributed by atoms with Crippen molar-refractivity contribution in [2.75, 3.05) is 18.6 Å². The van der Waals surface area contributed by atoms with Crippen molar-refractivity contribution in [3.8, 4) is 11.5 Å². The maximum absolute atomic E-state index is 13.4. The molecule has 0 bridgehead atoms. The molecule has 0 radical (unpaired) electrons. The summed E-state index contributed by atoms with van der Waals surface area (Å²) in [4.78, 5) is 28.2. The molecule has 1 heterocycles. The molecule has 1 amide bonds. The van der Waals surface area contributed by atoms with E-state index in [9.17, 15) is 14.7 Å². The van der Waals surface area contributed by atoms with Crippen molar-refractivity contribution in [2.24, 2.45) is 0 Å². The van der Waals surface area contributed by atoms with Gasteiger partial charge in [0, 0.05) is 11.3 Å². The molecule has 1 unspecified atom stereocenters. The van der Waals surface area contributed by atoms with Crippen LogP contribution in [0.3, 0.4) is 0 Å². The Morgan fingerprint density at radius 1 is 0.971 bits per heavy atom. The van der Waals surface area contributed by atoms with Gasteiger partial charge in [0.1, 0.15) is 17.3 Å². The average Bonchev–Trinajstić information content (AvgIpc) is 3.11. The minimum absolute atomic E-state index is 0.0388. The molecule has 1 N–H and O–H groups in total. The summed E-state index contributed by atoms with van der Waals surface area (Å²) in [7, 11) is 1.58.